The molecule has 7 heteroatoms. The van der Waals surface area contributed by atoms with E-state index in [4.69, 9.17) is 4.42 Å². The maximum absolute atomic E-state index is 12.0. The minimum Gasteiger partial charge on any atom is -0.423 e. The van der Waals surface area contributed by atoms with E-state index in [0.29, 0.717) is 17.3 Å². The molecule has 0 fully saturated rings. The molecule has 0 aliphatic carbocycles. The minimum atomic E-state index is -0.943. The molecule has 2 aromatic rings. The molecule has 2 rings (SSSR count). The topological polar surface area (TPSA) is 90.6 Å². The van der Waals surface area contributed by atoms with Gasteiger partial charge in [0.25, 0.3) is 6.01 Å². The molecular weight excluding hydrogens is 308 g/mol. The molecule has 0 aliphatic rings. The van der Waals surface area contributed by atoms with Crippen LogP contribution in [0.15, 0.2) is 22.6 Å². The molecule has 0 aliphatic heterocycles. The molecule has 24 heavy (non-hydrogen) atoms. The number of hydrogen-bond acceptors (Lipinski definition) is 5. The lowest BCUT2D eigenvalue weighted by Crippen LogP contribution is -2.46. The summed E-state index contributed by atoms with van der Waals surface area (Å²) < 4.78 is 5.62. The summed E-state index contributed by atoms with van der Waals surface area (Å²) in [5, 5.41) is 15.8. The van der Waals surface area contributed by atoms with Crippen molar-refractivity contribution in [3.63, 3.8) is 0 Å². The number of carbonyl (C=O) groups excluding carboxylic acids is 1. The second kappa shape index (κ2) is 7.09. The first-order chi connectivity index (χ1) is 11.2. The highest BCUT2D eigenvalue weighted by atomic mass is 16.4. The molecule has 1 heterocycles. The van der Waals surface area contributed by atoms with E-state index in [1.165, 1.54) is 0 Å². The molecule has 0 saturated heterocycles. The molecule has 1 aromatic heterocycles. The fraction of sp³-hybridized carbons (Fsp3) is 0.529. The monoisotopic (exact) mass is 334 g/mol. The number of nitrogens with one attached hydrogen (secondary N) is 2. The Morgan fingerprint density at radius 3 is 2.79 bits per heavy atom. The van der Waals surface area contributed by atoms with Gasteiger partial charge in [0.1, 0.15) is 5.52 Å². The third kappa shape index (κ3) is 4.17. The standard InChI is InChI=1S/C17H26N4O3/c1-6-11(2)17(3,23)10-18-15(22)19-12-7-8-13-14(9-12)24-16(20-13)21(4)5/h7-9,11,23H,6,10H2,1-5H3,(H2,18,19,22). The van der Waals surface area contributed by atoms with Crippen LogP contribution in [-0.4, -0.2) is 42.4 Å². The van der Waals surface area contributed by atoms with Gasteiger partial charge in [-0.3, -0.25) is 0 Å². The van der Waals surface area contributed by atoms with Crippen LogP contribution in [0.5, 0.6) is 0 Å². The van der Waals surface area contributed by atoms with Crippen molar-refractivity contribution in [2.45, 2.75) is 32.8 Å². The Bertz CT molecular complexity index is 709. The van der Waals surface area contributed by atoms with Gasteiger partial charge in [0.15, 0.2) is 5.58 Å². The predicted molar refractivity (Wildman–Crippen MR) is 95.4 cm³/mol. The Labute approximate surface area is 142 Å². The summed E-state index contributed by atoms with van der Waals surface area (Å²) in [6, 6.07) is 5.41. The van der Waals surface area contributed by atoms with Crippen molar-refractivity contribution in [2.24, 2.45) is 5.92 Å². The van der Waals surface area contributed by atoms with E-state index in [9.17, 15) is 9.90 Å². The summed E-state index contributed by atoms with van der Waals surface area (Å²) >= 11 is 0. The molecule has 3 N–H and O–H groups in total. The van der Waals surface area contributed by atoms with Crippen LogP contribution in [0.2, 0.25) is 0 Å². The number of fused-ring (bicyclic) bond motifs is 1. The average molecular weight is 334 g/mol. The smallest absolute Gasteiger partial charge is 0.319 e. The average Bonchev–Trinajstić information content (AvgIpc) is 2.95. The number of benzene rings is 1. The van der Waals surface area contributed by atoms with E-state index in [0.717, 1.165) is 11.9 Å². The number of amides is 2. The maximum atomic E-state index is 12.0. The Morgan fingerprint density at radius 2 is 2.17 bits per heavy atom. The molecule has 0 radical (unpaired) electrons. The summed E-state index contributed by atoms with van der Waals surface area (Å²) in [7, 11) is 3.70. The van der Waals surface area contributed by atoms with Crippen molar-refractivity contribution in [1.29, 1.82) is 0 Å². The van der Waals surface area contributed by atoms with Crippen LogP contribution >= 0.6 is 0 Å². The van der Waals surface area contributed by atoms with Crippen molar-refractivity contribution in [1.82, 2.24) is 10.3 Å². The Hall–Kier alpha value is -2.28. The zero-order valence-corrected chi connectivity index (χ0v) is 14.9. The zero-order valence-electron chi connectivity index (χ0n) is 14.9. The van der Waals surface area contributed by atoms with Crippen LogP contribution < -0.4 is 15.5 Å². The first kappa shape index (κ1) is 18.1. The third-order valence-corrected chi connectivity index (χ3v) is 4.30. The number of hydrogen-bond donors (Lipinski definition) is 3. The largest absolute Gasteiger partial charge is 0.423 e. The summed E-state index contributed by atoms with van der Waals surface area (Å²) in [6.07, 6.45) is 0.840. The number of aromatic nitrogens is 1. The van der Waals surface area contributed by atoms with Crippen LogP contribution in [0.4, 0.5) is 16.5 Å². The van der Waals surface area contributed by atoms with Gasteiger partial charge < -0.3 is 25.1 Å². The number of urea groups is 1. The Balaban J connectivity index is 2.00. The second-order valence-electron chi connectivity index (χ2n) is 6.55. The fourth-order valence-electron chi connectivity index (χ4n) is 2.23. The van der Waals surface area contributed by atoms with E-state index >= 15 is 0 Å². The maximum Gasteiger partial charge on any atom is 0.319 e. The van der Waals surface area contributed by atoms with E-state index in [-0.39, 0.29) is 18.5 Å². The number of nitrogens with zero attached hydrogens (tertiary/aromatic N) is 2. The lowest BCUT2D eigenvalue weighted by Gasteiger charge is -2.29. The van der Waals surface area contributed by atoms with Gasteiger partial charge in [-0.1, -0.05) is 20.3 Å². The Kier molecular flexibility index (Phi) is 5.33. The summed E-state index contributed by atoms with van der Waals surface area (Å²) in [6.45, 7) is 5.88. The molecule has 132 valence electrons. The number of aliphatic hydroxyl groups is 1. The van der Waals surface area contributed by atoms with Gasteiger partial charge in [-0.25, -0.2) is 4.79 Å². The fourth-order valence-corrected chi connectivity index (χ4v) is 2.23. The van der Waals surface area contributed by atoms with Crippen molar-refractivity contribution in [2.75, 3.05) is 30.9 Å². The van der Waals surface area contributed by atoms with Crippen LogP contribution in [0.25, 0.3) is 11.1 Å². The van der Waals surface area contributed by atoms with Gasteiger partial charge in [-0.2, -0.15) is 4.98 Å². The van der Waals surface area contributed by atoms with Crippen molar-refractivity contribution in [3.8, 4) is 0 Å². The van der Waals surface area contributed by atoms with Gasteiger partial charge in [-0.05, 0) is 25.0 Å². The van der Waals surface area contributed by atoms with E-state index in [2.05, 4.69) is 15.6 Å². The number of rotatable bonds is 6. The van der Waals surface area contributed by atoms with Gasteiger partial charge in [0.2, 0.25) is 0 Å². The first-order valence-electron chi connectivity index (χ1n) is 8.08. The predicted octanol–water partition coefficient (Wildman–Crippen LogP) is 2.81. The normalized spacial score (nSPS) is 14.9. The van der Waals surface area contributed by atoms with Crippen LogP contribution in [0.3, 0.4) is 0 Å². The third-order valence-electron chi connectivity index (χ3n) is 4.30. The molecule has 1 aromatic carbocycles. The molecule has 7 nitrogen and oxygen atoms in total. The number of oxazole rings is 1. The Morgan fingerprint density at radius 1 is 1.46 bits per heavy atom. The molecule has 0 bridgehead atoms. The van der Waals surface area contributed by atoms with Crippen molar-refractivity contribution in [3.05, 3.63) is 18.2 Å². The highest BCUT2D eigenvalue weighted by Crippen LogP contribution is 2.24. The molecule has 0 spiro atoms. The van der Waals surface area contributed by atoms with Crippen LogP contribution in [0, 0.1) is 5.92 Å². The van der Waals surface area contributed by atoms with Gasteiger partial charge in [0.05, 0.1) is 5.60 Å². The summed E-state index contributed by atoms with van der Waals surface area (Å²) in [5.74, 6) is 0.0906. The quantitative estimate of drug-likeness (QED) is 0.756. The molecule has 2 amide bonds. The highest BCUT2D eigenvalue weighted by Gasteiger charge is 2.27. The molecular formula is C17H26N4O3. The minimum absolute atomic E-state index is 0.0906. The van der Waals surface area contributed by atoms with Gasteiger partial charge in [-0.15, -0.1) is 0 Å². The SMILES string of the molecule is CCC(C)C(C)(O)CNC(=O)Nc1ccc2nc(N(C)C)oc2c1. The molecule has 0 saturated carbocycles. The van der Waals surface area contributed by atoms with Crippen molar-refractivity contribution >= 4 is 28.8 Å². The number of anilines is 2. The van der Waals surface area contributed by atoms with Crippen molar-refractivity contribution < 1.29 is 14.3 Å². The second-order valence-corrected chi connectivity index (χ2v) is 6.55. The van der Waals surface area contributed by atoms with Gasteiger partial charge in [0, 0.05) is 32.4 Å². The lowest BCUT2D eigenvalue weighted by molar-refractivity contribution is 0.00827. The van der Waals surface area contributed by atoms with Crippen LogP contribution in [0.1, 0.15) is 27.2 Å². The van der Waals surface area contributed by atoms with E-state index < -0.39 is 5.60 Å². The highest BCUT2D eigenvalue weighted by molar-refractivity contribution is 5.91. The van der Waals surface area contributed by atoms with Gasteiger partial charge >= 0.3 is 6.03 Å². The summed E-state index contributed by atoms with van der Waals surface area (Å²) in [5.41, 5.74) is 0.985. The van der Waals surface area contributed by atoms with E-state index in [1.54, 1.807) is 30.0 Å². The zero-order chi connectivity index (χ0) is 17.9. The number of carbonyl (C=O) groups is 1. The lowest BCUT2D eigenvalue weighted by atomic mass is 9.89. The summed E-state index contributed by atoms with van der Waals surface area (Å²) in [4.78, 5) is 18.1. The molecule has 2 atom stereocenters. The first-order valence-corrected chi connectivity index (χ1v) is 8.08. The van der Waals surface area contributed by atoms with Crippen LogP contribution in [-0.2, 0) is 0 Å². The van der Waals surface area contributed by atoms with E-state index in [1.807, 2.05) is 27.9 Å². The molecule has 2 unspecified atom stereocenters.